The second-order valence-electron chi connectivity index (χ2n) is 5.63. The number of imide groups is 1. The fourth-order valence-electron chi connectivity index (χ4n) is 2.70. The predicted octanol–water partition coefficient (Wildman–Crippen LogP) is 4.03. The highest BCUT2D eigenvalue weighted by Gasteiger charge is 2.30. The normalized spacial score (nSPS) is 14.1. The second kappa shape index (κ2) is 6.98. The standard InChI is InChI=1S/C18H14BrClN2O3/c1-21(15-6-5-12(19)10-14(15)20)18(25)11-3-2-4-13(9-11)22-16(23)7-8-17(22)24/h2-6,9-10H,7-8H2,1H3. The summed E-state index contributed by atoms with van der Waals surface area (Å²) in [5.41, 5.74) is 1.34. The molecule has 1 fully saturated rings. The lowest BCUT2D eigenvalue weighted by molar-refractivity contribution is -0.121. The number of amides is 3. The molecule has 2 aromatic carbocycles. The van der Waals surface area contributed by atoms with Crippen molar-refractivity contribution in [1.82, 2.24) is 0 Å². The minimum absolute atomic E-state index is 0.200. The summed E-state index contributed by atoms with van der Waals surface area (Å²) in [4.78, 5) is 39.1. The Hall–Kier alpha value is -2.18. The van der Waals surface area contributed by atoms with E-state index < -0.39 is 0 Å². The zero-order valence-corrected chi connectivity index (χ0v) is 15.7. The molecule has 1 aliphatic rings. The number of anilines is 2. The van der Waals surface area contributed by atoms with E-state index >= 15 is 0 Å². The minimum Gasteiger partial charge on any atom is -0.310 e. The van der Waals surface area contributed by atoms with Gasteiger partial charge in [-0.25, -0.2) is 0 Å². The van der Waals surface area contributed by atoms with Gasteiger partial charge in [0.25, 0.3) is 5.91 Å². The SMILES string of the molecule is CN(C(=O)c1cccc(N2C(=O)CCC2=O)c1)c1ccc(Br)cc1Cl. The van der Waals surface area contributed by atoms with Crippen molar-refractivity contribution in [2.45, 2.75) is 12.8 Å². The van der Waals surface area contributed by atoms with Gasteiger partial charge in [-0.3, -0.25) is 19.3 Å². The highest BCUT2D eigenvalue weighted by atomic mass is 79.9. The Morgan fingerprint density at radius 3 is 2.44 bits per heavy atom. The van der Waals surface area contributed by atoms with Gasteiger partial charge in [0.15, 0.2) is 0 Å². The summed E-state index contributed by atoms with van der Waals surface area (Å²) in [6.45, 7) is 0. The van der Waals surface area contributed by atoms with E-state index in [2.05, 4.69) is 15.9 Å². The summed E-state index contributed by atoms with van der Waals surface area (Å²) >= 11 is 9.54. The van der Waals surface area contributed by atoms with Crippen molar-refractivity contribution in [2.24, 2.45) is 0 Å². The molecule has 0 saturated carbocycles. The lowest BCUT2D eigenvalue weighted by Gasteiger charge is -2.20. The van der Waals surface area contributed by atoms with Gasteiger partial charge in [0.2, 0.25) is 11.8 Å². The number of nitrogens with zero attached hydrogens (tertiary/aromatic N) is 2. The average Bonchev–Trinajstić information content (AvgIpc) is 2.92. The quantitative estimate of drug-likeness (QED) is 0.703. The number of carbonyl (C=O) groups excluding carboxylic acids is 3. The highest BCUT2D eigenvalue weighted by Crippen LogP contribution is 2.30. The number of rotatable bonds is 3. The van der Waals surface area contributed by atoms with E-state index in [1.807, 2.05) is 0 Å². The van der Waals surface area contributed by atoms with Crippen molar-refractivity contribution < 1.29 is 14.4 Å². The molecule has 0 aromatic heterocycles. The van der Waals surface area contributed by atoms with Crippen LogP contribution in [0.15, 0.2) is 46.9 Å². The Morgan fingerprint density at radius 2 is 1.80 bits per heavy atom. The molecule has 3 amide bonds. The van der Waals surface area contributed by atoms with Crippen molar-refractivity contribution >= 4 is 56.6 Å². The largest absolute Gasteiger partial charge is 0.310 e. The fourth-order valence-corrected chi connectivity index (χ4v) is 3.50. The van der Waals surface area contributed by atoms with Crippen LogP contribution in [0.2, 0.25) is 5.02 Å². The molecular formula is C18H14BrClN2O3. The van der Waals surface area contributed by atoms with Crippen LogP contribution in [0.25, 0.3) is 0 Å². The van der Waals surface area contributed by atoms with Gasteiger partial charge in [-0.05, 0) is 36.4 Å². The van der Waals surface area contributed by atoms with Crippen LogP contribution in [0.3, 0.4) is 0 Å². The van der Waals surface area contributed by atoms with Crippen LogP contribution in [0.5, 0.6) is 0 Å². The van der Waals surface area contributed by atoms with Gasteiger partial charge in [-0.1, -0.05) is 33.6 Å². The van der Waals surface area contributed by atoms with Crippen molar-refractivity contribution in [1.29, 1.82) is 0 Å². The Morgan fingerprint density at radius 1 is 1.12 bits per heavy atom. The maximum atomic E-state index is 12.8. The van der Waals surface area contributed by atoms with Crippen LogP contribution in [-0.2, 0) is 9.59 Å². The Balaban J connectivity index is 1.91. The monoisotopic (exact) mass is 420 g/mol. The van der Waals surface area contributed by atoms with Crippen LogP contribution >= 0.6 is 27.5 Å². The summed E-state index contributed by atoms with van der Waals surface area (Å²) in [6.07, 6.45) is 0.400. The first-order valence-corrected chi connectivity index (χ1v) is 8.74. The molecule has 0 N–H and O–H groups in total. The average molecular weight is 422 g/mol. The van der Waals surface area contributed by atoms with Gasteiger partial charge in [0, 0.05) is 29.9 Å². The molecule has 0 radical (unpaired) electrons. The van der Waals surface area contributed by atoms with Crippen molar-refractivity contribution in [3.63, 3.8) is 0 Å². The molecule has 2 aromatic rings. The van der Waals surface area contributed by atoms with E-state index in [1.54, 1.807) is 49.5 Å². The zero-order valence-electron chi connectivity index (χ0n) is 13.3. The van der Waals surface area contributed by atoms with Crippen LogP contribution in [0.1, 0.15) is 23.2 Å². The molecule has 5 nitrogen and oxygen atoms in total. The molecule has 128 valence electrons. The van der Waals surface area contributed by atoms with Gasteiger partial charge in [0.1, 0.15) is 0 Å². The molecule has 0 bridgehead atoms. The van der Waals surface area contributed by atoms with Crippen LogP contribution in [0.4, 0.5) is 11.4 Å². The van der Waals surface area contributed by atoms with Crippen LogP contribution in [-0.4, -0.2) is 24.8 Å². The first-order chi connectivity index (χ1) is 11.9. The van der Waals surface area contributed by atoms with E-state index in [4.69, 9.17) is 11.6 Å². The van der Waals surface area contributed by atoms with Crippen LogP contribution in [0, 0.1) is 0 Å². The Labute approximate surface area is 158 Å². The minimum atomic E-state index is -0.287. The van der Waals surface area contributed by atoms with Gasteiger partial charge in [0.05, 0.1) is 16.4 Å². The third kappa shape index (κ3) is 3.45. The molecule has 25 heavy (non-hydrogen) atoms. The van der Waals surface area contributed by atoms with E-state index in [-0.39, 0.29) is 30.6 Å². The number of carbonyl (C=O) groups is 3. The number of benzene rings is 2. The lowest BCUT2D eigenvalue weighted by Crippen LogP contribution is -2.30. The first kappa shape index (κ1) is 17.6. The lowest BCUT2D eigenvalue weighted by atomic mass is 10.1. The molecule has 1 heterocycles. The smallest absolute Gasteiger partial charge is 0.258 e. The summed E-state index contributed by atoms with van der Waals surface area (Å²) < 4.78 is 0.815. The van der Waals surface area contributed by atoms with Gasteiger partial charge < -0.3 is 4.90 Å². The molecule has 0 spiro atoms. The van der Waals surface area contributed by atoms with E-state index in [0.717, 1.165) is 9.37 Å². The maximum absolute atomic E-state index is 12.8. The number of halogens is 2. The molecule has 1 aliphatic heterocycles. The molecule has 0 aliphatic carbocycles. The first-order valence-electron chi connectivity index (χ1n) is 7.57. The molecule has 0 unspecified atom stereocenters. The highest BCUT2D eigenvalue weighted by molar-refractivity contribution is 9.10. The van der Waals surface area contributed by atoms with E-state index in [1.165, 1.54) is 4.90 Å². The molecule has 7 heteroatoms. The van der Waals surface area contributed by atoms with Crippen molar-refractivity contribution in [3.8, 4) is 0 Å². The topological polar surface area (TPSA) is 57.7 Å². The molecule has 0 atom stereocenters. The van der Waals surface area contributed by atoms with Gasteiger partial charge in [-0.2, -0.15) is 0 Å². The fraction of sp³-hybridized carbons (Fsp3) is 0.167. The number of hydrogen-bond acceptors (Lipinski definition) is 3. The van der Waals surface area contributed by atoms with Crippen LogP contribution < -0.4 is 9.80 Å². The molecule has 3 rings (SSSR count). The third-order valence-corrected chi connectivity index (χ3v) is 4.77. The van der Waals surface area contributed by atoms with E-state index in [9.17, 15) is 14.4 Å². The summed E-state index contributed by atoms with van der Waals surface area (Å²) in [5, 5.41) is 0.436. The Bertz CT molecular complexity index is 868. The third-order valence-electron chi connectivity index (χ3n) is 3.98. The molecule has 1 saturated heterocycles. The van der Waals surface area contributed by atoms with Crippen molar-refractivity contribution in [2.75, 3.05) is 16.8 Å². The summed E-state index contributed by atoms with van der Waals surface area (Å²) in [5.74, 6) is -0.789. The van der Waals surface area contributed by atoms with Gasteiger partial charge >= 0.3 is 0 Å². The molecular weight excluding hydrogens is 408 g/mol. The van der Waals surface area contributed by atoms with Gasteiger partial charge in [-0.15, -0.1) is 0 Å². The predicted molar refractivity (Wildman–Crippen MR) is 100 cm³/mol. The zero-order chi connectivity index (χ0) is 18.1. The van der Waals surface area contributed by atoms with Crippen molar-refractivity contribution in [3.05, 3.63) is 57.5 Å². The summed E-state index contributed by atoms with van der Waals surface area (Å²) in [6, 6.07) is 11.7. The second-order valence-corrected chi connectivity index (χ2v) is 6.96. The maximum Gasteiger partial charge on any atom is 0.258 e. The number of hydrogen-bond donors (Lipinski definition) is 0. The Kier molecular flexibility index (Phi) is 4.92. The van der Waals surface area contributed by atoms with E-state index in [0.29, 0.717) is 22.0 Å². The summed E-state index contributed by atoms with van der Waals surface area (Å²) in [7, 11) is 1.62.